The second-order valence-corrected chi connectivity index (χ2v) is 7.85. The molecule has 1 aliphatic carbocycles. The lowest BCUT2D eigenvalue weighted by molar-refractivity contribution is 0.243. The molecule has 0 saturated heterocycles. The summed E-state index contributed by atoms with van der Waals surface area (Å²) in [5.74, 6) is 0.680. The first-order chi connectivity index (χ1) is 13.7. The number of carbonyl (C=O) groups excluding carboxylic acids is 1. The molecule has 3 aromatic rings. The van der Waals surface area contributed by atoms with E-state index in [-0.39, 0.29) is 12.1 Å². The van der Waals surface area contributed by atoms with Gasteiger partial charge in [0.1, 0.15) is 12.4 Å². The molecule has 7 heteroatoms. The molecule has 1 fully saturated rings. The summed E-state index contributed by atoms with van der Waals surface area (Å²) in [6.07, 6.45) is 4.44. The van der Waals surface area contributed by atoms with Crippen LogP contribution in [0.2, 0.25) is 0 Å². The number of aryl methyl sites for hydroxylation is 1. The molecule has 0 radical (unpaired) electrons. The lowest BCUT2D eigenvalue weighted by Gasteiger charge is -2.12. The molecule has 1 aliphatic rings. The highest BCUT2D eigenvalue weighted by molar-refractivity contribution is 7.98. The lowest BCUT2D eigenvalue weighted by Crippen LogP contribution is -2.37. The molecule has 0 aliphatic heterocycles. The van der Waals surface area contributed by atoms with Crippen molar-refractivity contribution in [1.82, 2.24) is 15.2 Å². The second-order valence-electron chi connectivity index (χ2n) is 7.05. The Hall–Kier alpha value is -2.67. The van der Waals surface area contributed by atoms with E-state index in [9.17, 15) is 4.79 Å². The van der Waals surface area contributed by atoms with E-state index in [0.29, 0.717) is 23.0 Å². The molecule has 0 atom stereocenters. The van der Waals surface area contributed by atoms with Crippen LogP contribution in [0.1, 0.15) is 36.8 Å². The molecular weight excluding hydrogens is 374 g/mol. The number of urea groups is 1. The van der Waals surface area contributed by atoms with E-state index in [1.165, 1.54) is 18.4 Å². The highest BCUT2D eigenvalue weighted by atomic mass is 32.2. The first-order valence-corrected chi connectivity index (χ1v) is 10.3. The fourth-order valence-electron chi connectivity index (χ4n) is 3.35. The maximum Gasteiger partial charge on any atom is 0.325 e. The molecule has 4 rings (SSSR count). The minimum Gasteiger partial charge on any atom is -0.488 e. The number of hydrogen-bond acceptors (Lipinski definition) is 5. The summed E-state index contributed by atoms with van der Waals surface area (Å²) in [4.78, 5) is 12.1. The second kappa shape index (κ2) is 8.56. The molecule has 0 unspecified atom stereocenters. The number of fused-ring (bicyclic) bond motifs is 1. The predicted molar refractivity (Wildman–Crippen MR) is 109 cm³/mol. The third kappa shape index (κ3) is 4.42. The van der Waals surface area contributed by atoms with Crippen LogP contribution in [0.5, 0.6) is 5.75 Å². The van der Waals surface area contributed by atoms with Crippen molar-refractivity contribution in [2.45, 2.75) is 50.3 Å². The third-order valence-corrected chi connectivity index (χ3v) is 5.63. The number of benzene rings is 2. The molecule has 0 bridgehead atoms. The predicted octanol–water partition coefficient (Wildman–Crippen LogP) is 4.96. The van der Waals surface area contributed by atoms with Crippen molar-refractivity contribution in [2.75, 3.05) is 0 Å². The molecule has 2 amide bonds. The Kier molecular flexibility index (Phi) is 5.71. The molecule has 2 N–H and O–H groups in total. The van der Waals surface area contributed by atoms with Gasteiger partial charge in [0.2, 0.25) is 0 Å². The van der Waals surface area contributed by atoms with Gasteiger partial charge >= 0.3 is 6.03 Å². The van der Waals surface area contributed by atoms with Gasteiger partial charge < -0.3 is 14.6 Å². The Bertz CT molecular complexity index is 949. The standard InChI is InChI=1S/C21H23N3O3S/c1-14-9-11-15(12-10-14)13-26-17-7-4-8-18-19(17)20(23-27-18)28-24-21(25)22-16-5-2-3-6-16/h4,7-12,16H,2-3,5-6,13H2,1H3,(H2,22,24,25). The number of carbonyl (C=O) groups is 1. The van der Waals surface area contributed by atoms with Crippen molar-refractivity contribution >= 4 is 28.9 Å². The summed E-state index contributed by atoms with van der Waals surface area (Å²) < 4.78 is 14.2. The average molecular weight is 398 g/mol. The Labute approximate surface area is 168 Å². The number of amides is 2. The minimum atomic E-state index is -0.203. The number of nitrogens with zero attached hydrogens (tertiary/aromatic N) is 1. The fraction of sp³-hybridized carbons (Fsp3) is 0.333. The van der Waals surface area contributed by atoms with E-state index in [4.69, 9.17) is 9.26 Å². The summed E-state index contributed by atoms with van der Waals surface area (Å²) >= 11 is 1.14. The van der Waals surface area contributed by atoms with Gasteiger partial charge in [0.05, 0.1) is 5.39 Å². The zero-order valence-electron chi connectivity index (χ0n) is 15.7. The van der Waals surface area contributed by atoms with Crippen molar-refractivity contribution in [3.05, 3.63) is 53.6 Å². The van der Waals surface area contributed by atoms with Crippen LogP contribution < -0.4 is 14.8 Å². The quantitative estimate of drug-likeness (QED) is 0.575. The van der Waals surface area contributed by atoms with Gasteiger partial charge in [-0.2, -0.15) is 0 Å². The third-order valence-electron chi connectivity index (χ3n) is 4.87. The molecule has 1 heterocycles. The van der Waals surface area contributed by atoms with Gasteiger partial charge in [-0.1, -0.05) is 53.9 Å². The van der Waals surface area contributed by atoms with E-state index < -0.39 is 0 Å². The molecule has 146 valence electrons. The molecule has 6 nitrogen and oxygen atoms in total. The normalized spacial score (nSPS) is 14.3. The van der Waals surface area contributed by atoms with Gasteiger partial charge in [0.15, 0.2) is 10.6 Å². The number of ether oxygens (including phenoxy) is 1. The summed E-state index contributed by atoms with van der Waals surface area (Å²) in [7, 11) is 0. The summed E-state index contributed by atoms with van der Waals surface area (Å²) in [5, 5.41) is 8.43. The Balaban J connectivity index is 1.43. The van der Waals surface area contributed by atoms with Crippen LogP contribution in [-0.2, 0) is 6.61 Å². The van der Waals surface area contributed by atoms with E-state index >= 15 is 0 Å². The Morgan fingerprint density at radius 3 is 2.79 bits per heavy atom. The number of nitrogens with one attached hydrogen (secondary N) is 2. The lowest BCUT2D eigenvalue weighted by atomic mass is 10.2. The largest absolute Gasteiger partial charge is 0.488 e. The summed E-state index contributed by atoms with van der Waals surface area (Å²) in [6.45, 7) is 2.51. The molecule has 2 aromatic carbocycles. The zero-order chi connectivity index (χ0) is 19.3. The number of hydrogen-bond donors (Lipinski definition) is 2. The van der Waals surface area contributed by atoms with E-state index in [2.05, 4.69) is 34.3 Å². The van der Waals surface area contributed by atoms with Crippen LogP contribution in [0.25, 0.3) is 11.0 Å². The van der Waals surface area contributed by atoms with Crippen LogP contribution in [0.15, 0.2) is 52.0 Å². The SMILES string of the molecule is Cc1ccc(COc2cccc3onc(SNC(=O)NC4CCCC4)c23)cc1. The molecule has 28 heavy (non-hydrogen) atoms. The van der Waals surface area contributed by atoms with E-state index in [1.807, 2.05) is 30.3 Å². The van der Waals surface area contributed by atoms with Crippen molar-refractivity contribution in [3.8, 4) is 5.75 Å². The molecule has 1 aromatic heterocycles. The van der Waals surface area contributed by atoms with Gasteiger partial charge in [0, 0.05) is 18.0 Å². The highest BCUT2D eigenvalue weighted by Gasteiger charge is 2.19. The summed E-state index contributed by atoms with van der Waals surface area (Å²) in [6, 6.07) is 13.9. The van der Waals surface area contributed by atoms with Crippen molar-refractivity contribution < 1.29 is 14.1 Å². The van der Waals surface area contributed by atoms with E-state index in [1.54, 1.807) is 0 Å². The maximum atomic E-state index is 12.1. The van der Waals surface area contributed by atoms with Crippen molar-refractivity contribution in [2.24, 2.45) is 0 Å². The topological polar surface area (TPSA) is 76.4 Å². The van der Waals surface area contributed by atoms with Gasteiger partial charge in [-0.15, -0.1) is 0 Å². The highest BCUT2D eigenvalue weighted by Crippen LogP contribution is 2.34. The fourth-order valence-corrected chi connectivity index (χ4v) is 3.98. The van der Waals surface area contributed by atoms with Gasteiger partial charge in [-0.25, -0.2) is 4.79 Å². The molecule has 0 spiro atoms. The van der Waals surface area contributed by atoms with Crippen LogP contribution >= 0.6 is 11.9 Å². The van der Waals surface area contributed by atoms with Crippen LogP contribution in [0.4, 0.5) is 4.79 Å². The van der Waals surface area contributed by atoms with Crippen LogP contribution in [0.3, 0.4) is 0 Å². The van der Waals surface area contributed by atoms with Crippen LogP contribution in [-0.4, -0.2) is 17.2 Å². The first-order valence-electron chi connectivity index (χ1n) is 9.49. The average Bonchev–Trinajstić information content (AvgIpc) is 3.36. The first kappa shape index (κ1) is 18.7. The van der Waals surface area contributed by atoms with Crippen molar-refractivity contribution in [1.29, 1.82) is 0 Å². The smallest absolute Gasteiger partial charge is 0.325 e. The Morgan fingerprint density at radius 2 is 2.00 bits per heavy atom. The van der Waals surface area contributed by atoms with Crippen LogP contribution in [0, 0.1) is 6.92 Å². The van der Waals surface area contributed by atoms with Gasteiger partial charge in [-0.3, -0.25) is 4.72 Å². The maximum absolute atomic E-state index is 12.1. The Morgan fingerprint density at radius 1 is 1.21 bits per heavy atom. The van der Waals surface area contributed by atoms with Gasteiger partial charge in [-0.05, 0) is 37.5 Å². The number of aromatic nitrogens is 1. The zero-order valence-corrected chi connectivity index (χ0v) is 16.6. The minimum absolute atomic E-state index is 0.203. The van der Waals surface area contributed by atoms with Gasteiger partial charge in [0.25, 0.3) is 0 Å². The monoisotopic (exact) mass is 397 g/mol. The van der Waals surface area contributed by atoms with E-state index in [0.717, 1.165) is 35.7 Å². The van der Waals surface area contributed by atoms with Crippen molar-refractivity contribution in [3.63, 3.8) is 0 Å². The molecule has 1 saturated carbocycles. The number of rotatable bonds is 6. The summed E-state index contributed by atoms with van der Waals surface area (Å²) in [5.41, 5.74) is 2.93. The molecular formula is C21H23N3O3S.